The number of benzene rings is 1. The fraction of sp³-hybridized carbons (Fsp3) is 0.333. The molecule has 8 heteroatoms. The van der Waals surface area contributed by atoms with Crippen LogP contribution in [0.15, 0.2) is 24.3 Å². The summed E-state index contributed by atoms with van der Waals surface area (Å²) in [5, 5.41) is 8.86. The molecule has 1 rings (SSSR count). The number of halogens is 7. The summed E-state index contributed by atoms with van der Waals surface area (Å²) in [4.78, 5) is 0. The fourth-order valence-electron chi connectivity index (χ4n) is 1.20. The van der Waals surface area contributed by atoms with E-state index in [4.69, 9.17) is 5.11 Å². The first-order chi connectivity index (χ1) is 7.50. The van der Waals surface area contributed by atoms with Gasteiger partial charge in [0.2, 0.25) is 0 Å². The summed E-state index contributed by atoms with van der Waals surface area (Å²) in [6, 6.07) is 1.65. The van der Waals surface area contributed by atoms with Crippen molar-refractivity contribution in [2.45, 2.75) is 18.0 Å². The van der Waals surface area contributed by atoms with E-state index in [1.54, 1.807) is 0 Å². The number of hydrogen-bond acceptors (Lipinski definition) is 1. The van der Waals surface area contributed by atoms with Gasteiger partial charge in [0.1, 0.15) is 5.82 Å². The van der Waals surface area contributed by atoms with Gasteiger partial charge in [-0.1, -0.05) is 12.1 Å². The number of hydrogen-bond donors (Lipinski definition) is 1. The van der Waals surface area contributed by atoms with E-state index in [2.05, 4.69) is 0 Å². The fourth-order valence-corrected chi connectivity index (χ4v) is 1.20. The Balaban J connectivity index is 3.46. The molecule has 0 unspecified atom stereocenters. The molecule has 0 aliphatic carbocycles. The molecule has 17 heavy (non-hydrogen) atoms. The molecule has 0 saturated heterocycles. The normalized spacial score (nSPS) is 13.9. The Morgan fingerprint density at radius 2 is 1.35 bits per heavy atom. The van der Waals surface area contributed by atoms with Crippen LogP contribution in [0.2, 0.25) is 0 Å². The zero-order valence-electron chi connectivity index (χ0n) is 7.90. The predicted molar refractivity (Wildman–Crippen MR) is 42.4 cm³/mol. The van der Waals surface area contributed by atoms with Crippen molar-refractivity contribution < 1.29 is 35.8 Å². The highest BCUT2D eigenvalue weighted by Crippen LogP contribution is 2.49. The van der Waals surface area contributed by atoms with Gasteiger partial charge < -0.3 is 5.11 Å². The third-order valence-corrected chi connectivity index (χ3v) is 2.06. The third-order valence-electron chi connectivity index (χ3n) is 2.06. The van der Waals surface area contributed by atoms with E-state index in [1.165, 1.54) is 0 Å². The van der Waals surface area contributed by atoms with Crippen LogP contribution in [-0.2, 0) is 5.60 Å². The molecule has 1 aromatic carbocycles. The van der Waals surface area contributed by atoms with Crippen LogP contribution in [0.3, 0.4) is 0 Å². The minimum absolute atomic E-state index is 0.0129. The molecule has 0 amide bonds. The van der Waals surface area contributed by atoms with Gasteiger partial charge >= 0.3 is 12.4 Å². The predicted octanol–water partition coefficient (Wildman–Crippen LogP) is 3.14. The Kier molecular flexibility index (Phi) is 3.13. The molecular formula is C9H5F7O. The van der Waals surface area contributed by atoms with Crippen molar-refractivity contribution in [2.75, 3.05) is 0 Å². The van der Waals surface area contributed by atoms with E-state index < -0.39 is 29.3 Å². The molecule has 0 bridgehead atoms. The SMILES string of the molecule is OC(c1cccc(F)c1)(C(F)(F)F)C(F)(F)F. The van der Waals surface area contributed by atoms with Crippen LogP contribution in [-0.4, -0.2) is 17.5 Å². The monoisotopic (exact) mass is 262 g/mol. The van der Waals surface area contributed by atoms with Crippen LogP contribution in [0.4, 0.5) is 30.7 Å². The lowest BCUT2D eigenvalue weighted by Gasteiger charge is -2.32. The van der Waals surface area contributed by atoms with Gasteiger partial charge in [-0.2, -0.15) is 26.3 Å². The van der Waals surface area contributed by atoms with E-state index in [-0.39, 0.29) is 6.07 Å². The minimum atomic E-state index is -6.00. The van der Waals surface area contributed by atoms with Gasteiger partial charge in [-0.25, -0.2) is 4.39 Å². The molecule has 0 aromatic heterocycles. The highest BCUT2D eigenvalue weighted by atomic mass is 19.4. The maximum Gasteiger partial charge on any atom is 0.430 e. The summed E-state index contributed by atoms with van der Waals surface area (Å²) in [7, 11) is 0. The molecule has 0 heterocycles. The third kappa shape index (κ3) is 2.21. The summed E-state index contributed by atoms with van der Waals surface area (Å²) in [5.41, 5.74) is -6.69. The Morgan fingerprint density at radius 1 is 0.882 bits per heavy atom. The topological polar surface area (TPSA) is 20.2 Å². The van der Waals surface area contributed by atoms with Gasteiger partial charge in [0.05, 0.1) is 0 Å². The summed E-state index contributed by atoms with van der Waals surface area (Å²) in [6.45, 7) is 0. The van der Waals surface area contributed by atoms with E-state index in [0.717, 1.165) is 0 Å². The second kappa shape index (κ2) is 3.86. The Labute approximate surface area is 90.5 Å². The standard InChI is InChI=1S/C9H5F7O/c10-6-3-1-2-5(4-6)7(17,8(11,12)13)9(14,15)16/h1-4,17H. The first-order valence-electron chi connectivity index (χ1n) is 4.12. The number of aliphatic hydroxyl groups is 1. The van der Waals surface area contributed by atoms with Crippen molar-refractivity contribution in [1.29, 1.82) is 0 Å². The van der Waals surface area contributed by atoms with Crippen LogP contribution in [0, 0.1) is 5.82 Å². The second-order valence-corrected chi connectivity index (χ2v) is 3.22. The maximum absolute atomic E-state index is 12.6. The lowest BCUT2D eigenvalue weighted by atomic mass is 9.92. The molecule has 0 atom stereocenters. The average molecular weight is 262 g/mol. The molecule has 96 valence electrons. The summed E-state index contributed by atoms with van der Waals surface area (Å²) < 4.78 is 86.6. The lowest BCUT2D eigenvalue weighted by Crippen LogP contribution is -2.53. The number of rotatable bonds is 1. The first kappa shape index (κ1) is 13.8. The van der Waals surface area contributed by atoms with Crippen LogP contribution in [0.5, 0.6) is 0 Å². The van der Waals surface area contributed by atoms with Crippen LogP contribution < -0.4 is 0 Å². The largest absolute Gasteiger partial charge is 0.430 e. The summed E-state index contributed by atoms with van der Waals surface area (Å²) in [5.74, 6) is -1.31. The van der Waals surface area contributed by atoms with Crippen molar-refractivity contribution in [3.8, 4) is 0 Å². The van der Waals surface area contributed by atoms with E-state index in [1.807, 2.05) is 0 Å². The average Bonchev–Trinajstić information content (AvgIpc) is 2.12. The molecular weight excluding hydrogens is 257 g/mol. The maximum atomic E-state index is 12.6. The van der Waals surface area contributed by atoms with Crippen molar-refractivity contribution in [3.05, 3.63) is 35.6 Å². The van der Waals surface area contributed by atoms with Crippen molar-refractivity contribution in [1.82, 2.24) is 0 Å². The van der Waals surface area contributed by atoms with Crippen molar-refractivity contribution >= 4 is 0 Å². The smallest absolute Gasteiger partial charge is 0.369 e. The van der Waals surface area contributed by atoms with Crippen LogP contribution >= 0.6 is 0 Å². The molecule has 0 aliphatic rings. The highest BCUT2D eigenvalue weighted by Gasteiger charge is 2.71. The number of alkyl halides is 6. The molecule has 0 saturated carbocycles. The lowest BCUT2D eigenvalue weighted by molar-refractivity contribution is -0.376. The molecule has 0 radical (unpaired) electrons. The first-order valence-corrected chi connectivity index (χ1v) is 4.12. The Bertz CT molecular complexity index is 393. The zero-order chi connectivity index (χ0) is 13.5. The van der Waals surface area contributed by atoms with Crippen molar-refractivity contribution in [3.63, 3.8) is 0 Å². The molecule has 0 spiro atoms. The highest BCUT2D eigenvalue weighted by molar-refractivity contribution is 5.27. The van der Waals surface area contributed by atoms with Crippen LogP contribution in [0.1, 0.15) is 5.56 Å². The van der Waals surface area contributed by atoms with Crippen molar-refractivity contribution in [2.24, 2.45) is 0 Å². The Morgan fingerprint density at radius 3 is 1.71 bits per heavy atom. The molecule has 0 aliphatic heterocycles. The Hall–Kier alpha value is -1.31. The zero-order valence-corrected chi connectivity index (χ0v) is 7.90. The van der Waals surface area contributed by atoms with Gasteiger partial charge in [-0.3, -0.25) is 0 Å². The van der Waals surface area contributed by atoms with Gasteiger partial charge in [0, 0.05) is 5.56 Å². The van der Waals surface area contributed by atoms with Gasteiger partial charge in [0.25, 0.3) is 5.60 Å². The second-order valence-electron chi connectivity index (χ2n) is 3.22. The molecule has 1 nitrogen and oxygen atoms in total. The summed E-state index contributed by atoms with van der Waals surface area (Å²) >= 11 is 0. The minimum Gasteiger partial charge on any atom is -0.369 e. The van der Waals surface area contributed by atoms with Gasteiger partial charge in [-0.15, -0.1) is 0 Å². The van der Waals surface area contributed by atoms with E-state index in [0.29, 0.717) is 18.2 Å². The van der Waals surface area contributed by atoms with Gasteiger partial charge in [0.15, 0.2) is 0 Å². The molecule has 0 fully saturated rings. The van der Waals surface area contributed by atoms with E-state index in [9.17, 15) is 30.7 Å². The summed E-state index contributed by atoms with van der Waals surface area (Å²) in [6.07, 6.45) is -12.0. The van der Waals surface area contributed by atoms with Crippen LogP contribution in [0.25, 0.3) is 0 Å². The molecule has 1 N–H and O–H groups in total. The quantitative estimate of drug-likeness (QED) is 0.771. The van der Waals surface area contributed by atoms with E-state index >= 15 is 0 Å². The van der Waals surface area contributed by atoms with Gasteiger partial charge in [-0.05, 0) is 12.1 Å². The molecule has 1 aromatic rings.